The zero-order valence-electron chi connectivity index (χ0n) is 18.1. The Morgan fingerprint density at radius 3 is 1.55 bits per heavy atom. The Morgan fingerprint density at radius 1 is 0.677 bits per heavy atom. The molecular formula is C26H31N4O+. The van der Waals surface area contributed by atoms with Crippen LogP contribution in [0.25, 0.3) is 0 Å². The highest BCUT2D eigenvalue weighted by Gasteiger charge is 2.01. The van der Waals surface area contributed by atoms with E-state index in [1.165, 1.54) is 16.7 Å². The van der Waals surface area contributed by atoms with E-state index in [2.05, 4.69) is 53.1 Å². The second-order valence-electron chi connectivity index (χ2n) is 7.21. The quantitative estimate of drug-likeness (QED) is 0.348. The third-order valence-corrected chi connectivity index (χ3v) is 4.41. The summed E-state index contributed by atoms with van der Waals surface area (Å²) < 4.78 is 2.15. The minimum atomic E-state index is 0.0836. The van der Waals surface area contributed by atoms with E-state index in [1.54, 1.807) is 36.7 Å². The SMILES string of the molecule is Cc1cc[n+](Cc2ccc(N)cc2)cc1.Cc1ccncc1.Nc1ccc(CO)cc1. The highest BCUT2D eigenvalue weighted by Crippen LogP contribution is 2.05. The van der Waals surface area contributed by atoms with Gasteiger partial charge in [0.1, 0.15) is 0 Å². The number of aliphatic hydroxyl groups excluding tert-OH is 1. The number of aromatic nitrogens is 2. The average Bonchev–Trinajstić information content (AvgIpc) is 2.79. The summed E-state index contributed by atoms with van der Waals surface area (Å²) >= 11 is 0. The first kappa shape index (κ1) is 23.6. The minimum absolute atomic E-state index is 0.0836. The van der Waals surface area contributed by atoms with Crippen LogP contribution < -0.4 is 16.0 Å². The van der Waals surface area contributed by atoms with Gasteiger partial charge in [0.2, 0.25) is 0 Å². The van der Waals surface area contributed by atoms with Gasteiger partial charge in [0.05, 0.1) is 6.61 Å². The summed E-state index contributed by atoms with van der Waals surface area (Å²) in [5.74, 6) is 0. The highest BCUT2D eigenvalue weighted by atomic mass is 16.3. The van der Waals surface area contributed by atoms with Crippen LogP contribution in [0.1, 0.15) is 22.3 Å². The molecule has 0 unspecified atom stereocenters. The van der Waals surface area contributed by atoms with Gasteiger partial charge in [0.15, 0.2) is 18.9 Å². The van der Waals surface area contributed by atoms with Gasteiger partial charge in [-0.25, -0.2) is 4.57 Å². The lowest BCUT2D eigenvalue weighted by molar-refractivity contribution is -0.688. The van der Waals surface area contributed by atoms with Crippen LogP contribution in [0.15, 0.2) is 97.6 Å². The maximum absolute atomic E-state index is 8.59. The molecule has 0 fully saturated rings. The molecular weight excluding hydrogens is 384 g/mol. The fourth-order valence-electron chi connectivity index (χ4n) is 2.52. The van der Waals surface area contributed by atoms with Crippen molar-refractivity contribution in [3.8, 4) is 0 Å². The van der Waals surface area contributed by atoms with Gasteiger partial charge in [-0.15, -0.1) is 0 Å². The molecule has 0 spiro atoms. The van der Waals surface area contributed by atoms with Crippen LogP contribution >= 0.6 is 0 Å². The van der Waals surface area contributed by atoms with Crippen molar-refractivity contribution in [2.75, 3.05) is 11.5 Å². The van der Waals surface area contributed by atoms with Crippen LogP contribution in [0, 0.1) is 13.8 Å². The highest BCUT2D eigenvalue weighted by molar-refractivity contribution is 5.39. The van der Waals surface area contributed by atoms with E-state index in [1.807, 2.05) is 31.2 Å². The summed E-state index contributed by atoms with van der Waals surface area (Å²) in [5.41, 5.74) is 17.3. The van der Waals surface area contributed by atoms with E-state index in [0.717, 1.165) is 23.5 Å². The monoisotopic (exact) mass is 415 g/mol. The third-order valence-electron chi connectivity index (χ3n) is 4.41. The molecule has 2 aromatic carbocycles. The first-order valence-electron chi connectivity index (χ1n) is 10.1. The molecule has 4 aromatic rings. The van der Waals surface area contributed by atoms with Crippen molar-refractivity contribution in [3.05, 3.63) is 120 Å². The molecule has 0 saturated carbocycles. The van der Waals surface area contributed by atoms with E-state index in [9.17, 15) is 0 Å². The predicted octanol–water partition coefficient (Wildman–Crippen LogP) is 4.06. The maximum Gasteiger partial charge on any atom is 0.173 e. The van der Waals surface area contributed by atoms with Crippen LogP contribution in [0.4, 0.5) is 11.4 Å². The topological polar surface area (TPSA) is 89.0 Å². The standard InChI is InChI=1S/C13H15N2.C7H9NO.C6H7N/c1-11-6-8-15(9-7-11)10-12-2-4-13(14)5-3-12;8-7-3-1-6(5-9)2-4-7;1-6-2-4-7-5-3-6/h2-9H,10,14H2,1H3;1-4,9H,5,8H2;2-5H,1H3/q+1;;. The summed E-state index contributed by atoms with van der Waals surface area (Å²) in [6.45, 7) is 5.11. The van der Waals surface area contributed by atoms with Crippen molar-refractivity contribution in [1.29, 1.82) is 0 Å². The molecule has 5 N–H and O–H groups in total. The molecule has 2 aromatic heterocycles. The Kier molecular flexibility index (Phi) is 9.72. The molecule has 0 bridgehead atoms. The van der Waals surface area contributed by atoms with Crippen molar-refractivity contribution in [2.24, 2.45) is 0 Å². The lowest BCUT2D eigenvalue weighted by Gasteiger charge is -1.98. The van der Waals surface area contributed by atoms with Gasteiger partial charge < -0.3 is 16.6 Å². The van der Waals surface area contributed by atoms with Crippen molar-refractivity contribution in [2.45, 2.75) is 27.0 Å². The Balaban J connectivity index is 0.000000181. The van der Waals surface area contributed by atoms with Gasteiger partial charge in [-0.2, -0.15) is 0 Å². The second-order valence-corrected chi connectivity index (χ2v) is 7.21. The first-order chi connectivity index (χ1) is 15.0. The molecule has 160 valence electrons. The summed E-state index contributed by atoms with van der Waals surface area (Å²) in [7, 11) is 0. The van der Waals surface area contributed by atoms with Crippen molar-refractivity contribution in [1.82, 2.24) is 4.98 Å². The second kappa shape index (κ2) is 12.8. The number of hydrogen-bond acceptors (Lipinski definition) is 4. The van der Waals surface area contributed by atoms with E-state index in [0.29, 0.717) is 0 Å². The Hall–Kier alpha value is -3.70. The van der Waals surface area contributed by atoms with Crippen LogP contribution in [0.3, 0.4) is 0 Å². The number of anilines is 2. The molecule has 0 atom stereocenters. The molecule has 5 heteroatoms. The number of aliphatic hydroxyl groups is 1. The number of pyridine rings is 2. The Morgan fingerprint density at radius 2 is 1.13 bits per heavy atom. The average molecular weight is 416 g/mol. The molecule has 0 amide bonds. The van der Waals surface area contributed by atoms with Crippen LogP contribution in [-0.2, 0) is 13.2 Å². The van der Waals surface area contributed by atoms with E-state index < -0.39 is 0 Å². The number of nitrogens with two attached hydrogens (primary N) is 2. The van der Waals surface area contributed by atoms with Crippen molar-refractivity contribution in [3.63, 3.8) is 0 Å². The van der Waals surface area contributed by atoms with Crippen LogP contribution in [-0.4, -0.2) is 10.1 Å². The van der Waals surface area contributed by atoms with E-state index in [-0.39, 0.29) is 6.61 Å². The maximum atomic E-state index is 8.59. The molecule has 31 heavy (non-hydrogen) atoms. The Labute approximate surface area is 184 Å². The van der Waals surface area contributed by atoms with Gasteiger partial charge in [-0.1, -0.05) is 24.3 Å². The molecule has 0 aliphatic rings. The normalized spacial score (nSPS) is 9.65. The molecule has 0 saturated heterocycles. The summed E-state index contributed by atoms with van der Waals surface area (Å²) in [4.78, 5) is 3.85. The van der Waals surface area contributed by atoms with Gasteiger partial charge in [-0.3, -0.25) is 4.98 Å². The first-order valence-corrected chi connectivity index (χ1v) is 10.1. The molecule has 2 heterocycles. The molecule has 5 nitrogen and oxygen atoms in total. The third kappa shape index (κ3) is 9.56. The van der Waals surface area contributed by atoms with Crippen LogP contribution in [0.2, 0.25) is 0 Å². The zero-order chi connectivity index (χ0) is 22.5. The lowest BCUT2D eigenvalue weighted by Crippen LogP contribution is -2.33. The minimum Gasteiger partial charge on any atom is -0.399 e. The lowest BCUT2D eigenvalue weighted by atomic mass is 10.2. The predicted molar refractivity (Wildman–Crippen MR) is 127 cm³/mol. The van der Waals surface area contributed by atoms with Gasteiger partial charge in [0, 0.05) is 41.5 Å². The van der Waals surface area contributed by atoms with Gasteiger partial charge in [-0.05, 0) is 66.9 Å². The largest absolute Gasteiger partial charge is 0.399 e. The number of nitrogen functional groups attached to an aromatic ring is 2. The molecule has 0 aliphatic carbocycles. The fourth-order valence-corrected chi connectivity index (χ4v) is 2.52. The zero-order valence-corrected chi connectivity index (χ0v) is 18.1. The number of benzene rings is 2. The van der Waals surface area contributed by atoms with Crippen molar-refractivity contribution >= 4 is 11.4 Å². The number of nitrogens with zero attached hydrogens (tertiary/aromatic N) is 2. The number of aryl methyl sites for hydroxylation is 2. The Bertz CT molecular complexity index is 956. The van der Waals surface area contributed by atoms with Gasteiger partial charge >= 0.3 is 0 Å². The van der Waals surface area contributed by atoms with E-state index in [4.69, 9.17) is 16.6 Å². The molecule has 0 radical (unpaired) electrons. The number of rotatable bonds is 3. The van der Waals surface area contributed by atoms with Crippen molar-refractivity contribution < 1.29 is 9.67 Å². The van der Waals surface area contributed by atoms with Crippen LogP contribution in [0.5, 0.6) is 0 Å². The summed E-state index contributed by atoms with van der Waals surface area (Å²) in [6, 6.07) is 23.3. The smallest absolute Gasteiger partial charge is 0.173 e. The van der Waals surface area contributed by atoms with Gasteiger partial charge in [0.25, 0.3) is 0 Å². The summed E-state index contributed by atoms with van der Waals surface area (Å²) in [6.07, 6.45) is 7.75. The fraction of sp³-hybridized carbons (Fsp3) is 0.154. The number of hydrogen-bond donors (Lipinski definition) is 3. The molecule has 4 rings (SSSR count). The van der Waals surface area contributed by atoms with E-state index >= 15 is 0 Å². The summed E-state index contributed by atoms with van der Waals surface area (Å²) in [5, 5.41) is 8.59. The molecule has 0 aliphatic heterocycles.